The van der Waals surface area contributed by atoms with Gasteiger partial charge in [-0.2, -0.15) is 0 Å². The summed E-state index contributed by atoms with van der Waals surface area (Å²) in [6.07, 6.45) is 8.38. The van der Waals surface area contributed by atoms with Crippen LogP contribution in [0.5, 0.6) is 0 Å². The van der Waals surface area contributed by atoms with Gasteiger partial charge in [0.25, 0.3) is 5.69 Å². The maximum Gasteiger partial charge on any atom is 0.269 e. The largest absolute Gasteiger partial charge is 0.383 e. The molecular formula is C19H28N4O3. The number of hydrogen-bond acceptors (Lipinski definition) is 4. The number of allylic oxidation sites excluding steroid dienone is 1. The van der Waals surface area contributed by atoms with Gasteiger partial charge in [-0.3, -0.25) is 10.1 Å². The number of benzene rings is 1. The van der Waals surface area contributed by atoms with Crippen molar-refractivity contribution in [2.75, 3.05) is 26.8 Å². The van der Waals surface area contributed by atoms with Gasteiger partial charge < -0.3 is 15.4 Å². The molecule has 1 aromatic carbocycles. The third-order valence-electron chi connectivity index (χ3n) is 4.29. The monoisotopic (exact) mass is 360 g/mol. The molecule has 7 heteroatoms. The fraction of sp³-hybridized carbons (Fsp3) is 0.526. The normalized spacial score (nSPS) is 14.7. The van der Waals surface area contributed by atoms with Gasteiger partial charge >= 0.3 is 0 Å². The highest BCUT2D eigenvalue weighted by atomic mass is 16.6. The smallest absolute Gasteiger partial charge is 0.269 e. The van der Waals surface area contributed by atoms with Crippen molar-refractivity contribution >= 4 is 11.6 Å². The Balaban J connectivity index is 1.88. The number of methoxy groups -OCH3 is 1. The van der Waals surface area contributed by atoms with E-state index < -0.39 is 4.92 Å². The van der Waals surface area contributed by atoms with Crippen LogP contribution in [0.15, 0.2) is 40.9 Å². The molecule has 0 aliphatic heterocycles. The molecule has 0 saturated heterocycles. The molecule has 0 saturated carbocycles. The highest BCUT2D eigenvalue weighted by Crippen LogP contribution is 2.19. The second kappa shape index (κ2) is 11.3. The SMILES string of the molecule is COCCNC(=NCc1ccc([N+](=O)[O-])cc1)NCCC1=CCCCC1. The van der Waals surface area contributed by atoms with E-state index in [0.717, 1.165) is 24.5 Å². The lowest BCUT2D eigenvalue weighted by atomic mass is 9.97. The molecule has 0 bridgehead atoms. The molecule has 0 aromatic heterocycles. The molecule has 1 aromatic rings. The van der Waals surface area contributed by atoms with Gasteiger partial charge in [0.15, 0.2) is 5.96 Å². The van der Waals surface area contributed by atoms with E-state index in [0.29, 0.717) is 19.7 Å². The quantitative estimate of drug-likeness (QED) is 0.176. The van der Waals surface area contributed by atoms with Crippen LogP contribution in [0.25, 0.3) is 0 Å². The van der Waals surface area contributed by atoms with Crippen molar-refractivity contribution in [3.05, 3.63) is 51.6 Å². The minimum Gasteiger partial charge on any atom is -0.383 e. The standard InChI is InChI=1S/C19H28N4O3/c1-26-14-13-21-19(20-12-11-16-5-3-2-4-6-16)22-15-17-7-9-18(10-8-17)23(24)25/h5,7-10H,2-4,6,11-15H2,1H3,(H2,20,21,22). The van der Waals surface area contributed by atoms with Gasteiger partial charge in [0.1, 0.15) is 0 Å². The van der Waals surface area contributed by atoms with Crippen molar-refractivity contribution in [2.45, 2.75) is 38.6 Å². The van der Waals surface area contributed by atoms with Crippen molar-refractivity contribution < 1.29 is 9.66 Å². The molecule has 0 spiro atoms. The Kier molecular flexibility index (Phi) is 8.62. The van der Waals surface area contributed by atoms with Crippen molar-refractivity contribution in [1.82, 2.24) is 10.6 Å². The molecule has 0 fully saturated rings. The van der Waals surface area contributed by atoms with Gasteiger partial charge in [0.05, 0.1) is 18.1 Å². The fourth-order valence-electron chi connectivity index (χ4n) is 2.81. The summed E-state index contributed by atoms with van der Waals surface area (Å²) in [4.78, 5) is 14.9. The Morgan fingerprint density at radius 2 is 2.00 bits per heavy atom. The predicted molar refractivity (Wildman–Crippen MR) is 103 cm³/mol. The van der Waals surface area contributed by atoms with Gasteiger partial charge in [-0.1, -0.05) is 23.8 Å². The van der Waals surface area contributed by atoms with Gasteiger partial charge in [-0.25, -0.2) is 4.99 Å². The van der Waals surface area contributed by atoms with Crippen LogP contribution in [-0.2, 0) is 11.3 Å². The fourth-order valence-corrected chi connectivity index (χ4v) is 2.81. The number of guanidine groups is 1. The number of rotatable bonds is 9. The zero-order valence-corrected chi connectivity index (χ0v) is 15.4. The molecule has 142 valence electrons. The highest BCUT2D eigenvalue weighted by Gasteiger charge is 2.06. The van der Waals surface area contributed by atoms with Crippen molar-refractivity contribution in [1.29, 1.82) is 0 Å². The van der Waals surface area contributed by atoms with Crippen molar-refractivity contribution in [3.8, 4) is 0 Å². The number of nitro groups is 1. The number of nitro benzene ring substituents is 1. The summed E-state index contributed by atoms with van der Waals surface area (Å²) < 4.78 is 5.07. The molecule has 2 N–H and O–H groups in total. The Morgan fingerprint density at radius 3 is 2.65 bits per heavy atom. The van der Waals surface area contributed by atoms with Crippen LogP contribution in [0.2, 0.25) is 0 Å². The molecule has 7 nitrogen and oxygen atoms in total. The summed E-state index contributed by atoms with van der Waals surface area (Å²) in [5.74, 6) is 0.733. The number of aliphatic imine (C=N–C) groups is 1. The van der Waals surface area contributed by atoms with E-state index >= 15 is 0 Å². The molecule has 0 atom stereocenters. The van der Waals surface area contributed by atoms with Crippen LogP contribution in [0.3, 0.4) is 0 Å². The Labute approximate surface area is 154 Å². The molecule has 0 unspecified atom stereocenters. The van der Waals surface area contributed by atoms with Gasteiger partial charge in [0.2, 0.25) is 0 Å². The van der Waals surface area contributed by atoms with Gasteiger partial charge in [-0.15, -0.1) is 0 Å². The molecule has 1 aliphatic carbocycles. The predicted octanol–water partition coefficient (Wildman–Crippen LogP) is 3.17. The molecule has 1 aliphatic rings. The van der Waals surface area contributed by atoms with Crippen LogP contribution in [0, 0.1) is 10.1 Å². The third-order valence-corrected chi connectivity index (χ3v) is 4.29. The van der Waals surface area contributed by atoms with E-state index in [1.807, 2.05) is 0 Å². The van der Waals surface area contributed by atoms with Crippen molar-refractivity contribution in [3.63, 3.8) is 0 Å². The van der Waals surface area contributed by atoms with Crippen LogP contribution in [0.1, 0.15) is 37.7 Å². The minimum absolute atomic E-state index is 0.0926. The maximum atomic E-state index is 10.7. The first-order chi connectivity index (χ1) is 12.7. The van der Waals surface area contributed by atoms with Crippen LogP contribution in [0.4, 0.5) is 5.69 Å². The highest BCUT2D eigenvalue weighted by molar-refractivity contribution is 5.79. The van der Waals surface area contributed by atoms with E-state index in [2.05, 4.69) is 21.7 Å². The summed E-state index contributed by atoms with van der Waals surface area (Å²) in [6.45, 7) is 2.57. The van der Waals surface area contributed by atoms with Crippen LogP contribution >= 0.6 is 0 Å². The maximum absolute atomic E-state index is 10.7. The first-order valence-corrected chi connectivity index (χ1v) is 9.11. The Hall–Kier alpha value is -2.41. The summed E-state index contributed by atoms with van der Waals surface area (Å²) in [5.41, 5.74) is 2.55. The van der Waals surface area contributed by atoms with Gasteiger partial charge in [-0.05, 0) is 37.7 Å². The molecule has 0 heterocycles. The van der Waals surface area contributed by atoms with Crippen LogP contribution in [-0.4, -0.2) is 37.7 Å². The molecule has 2 rings (SSSR count). The zero-order chi connectivity index (χ0) is 18.6. The second-order valence-electron chi connectivity index (χ2n) is 6.29. The van der Waals surface area contributed by atoms with E-state index in [4.69, 9.17) is 4.74 Å². The molecule has 0 amide bonds. The Bertz CT molecular complexity index is 626. The summed E-state index contributed by atoms with van der Waals surface area (Å²) in [6, 6.07) is 6.49. The van der Waals surface area contributed by atoms with Crippen LogP contribution < -0.4 is 10.6 Å². The zero-order valence-electron chi connectivity index (χ0n) is 15.4. The number of hydrogen-bond donors (Lipinski definition) is 2. The first-order valence-electron chi connectivity index (χ1n) is 9.11. The molecule has 0 radical (unpaired) electrons. The number of non-ortho nitro benzene ring substituents is 1. The number of ether oxygens (including phenoxy) is 1. The lowest BCUT2D eigenvalue weighted by Gasteiger charge is -2.15. The third kappa shape index (κ3) is 7.23. The average Bonchev–Trinajstić information content (AvgIpc) is 2.67. The summed E-state index contributed by atoms with van der Waals surface area (Å²) in [7, 11) is 1.67. The van der Waals surface area contributed by atoms with Crippen molar-refractivity contribution in [2.24, 2.45) is 4.99 Å². The van der Waals surface area contributed by atoms with E-state index in [9.17, 15) is 10.1 Å². The topological polar surface area (TPSA) is 88.8 Å². The number of nitrogens with one attached hydrogen (secondary N) is 2. The summed E-state index contributed by atoms with van der Waals surface area (Å²) in [5, 5.41) is 17.3. The minimum atomic E-state index is -0.397. The van der Waals surface area contributed by atoms with Gasteiger partial charge in [0, 0.05) is 32.3 Å². The molecular weight excluding hydrogens is 332 g/mol. The number of nitrogens with zero attached hydrogens (tertiary/aromatic N) is 2. The van der Waals surface area contributed by atoms with E-state index in [1.54, 1.807) is 19.2 Å². The molecule has 26 heavy (non-hydrogen) atoms. The Morgan fingerprint density at radius 1 is 1.23 bits per heavy atom. The average molecular weight is 360 g/mol. The first kappa shape index (κ1) is 19.9. The van der Waals surface area contributed by atoms with E-state index in [-0.39, 0.29) is 5.69 Å². The van der Waals surface area contributed by atoms with E-state index in [1.165, 1.54) is 43.4 Å². The lowest BCUT2D eigenvalue weighted by Crippen LogP contribution is -2.39. The lowest BCUT2D eigenvalue weighted by molar-refractivity contribution is -0.384. The second-order valence-corrected chi connectivity index (χ2v) is 6.29. The summed E-state index contributed by atoms with van der Waals surface area (Å²) >= 11 is 0.